The van der Waals surface area contributed by atoms with E-state index in [1.54, 1.807) is 6.07 Å². The predicted molar refractivity (Wildman–Crippen MR) is 76.3 cm³/mol. The van der Waals surface area contributed by atoms with Gasteiger partial charge in [0.1, 0.15) is 17.8 Å². The molecule has 5 N–H and O–H groups in total. The normalized spacial score (nSPS) is 9.43. The van der Waals surface area contributed by atoms with Crippen LogP contribution in [-0.4, -0.2) is 10.9 Å². The average Bonchev–Trinajstić information content (AvgIpc) is 2.49. The van der Waals surface area contributed by atoms with Gasteiger partial charge in [0.2, 0.25) is 0 Å². The van der Waals surface area contributed by atoms with E-state index in [9.17, 15) is 4.79 Å². The van der Waals surface area contributed by atoms with Crippen molar-refractivity contribution < 1.29 is 4.79 Å². The van der Waals surface area contributed by atoms with Gasteiger partial charge in [0, 0.05) is 5.69 Å². The highest BCUT2D eigenvalue weighted by Gasteiger charge is 2.09. The lowest BCUT2D eigenvalue weighted by Gasteiger charge is -2.09. The number of nitriles is 2. The Morgan fingerprint density at radius 1 is 1.14 bits per heavy atom. The van der Waals surface area contributed by atoms with Crippen LogP contribution in [0.25, 0.3) is 0 Å². The fraction of sp³-hybridized carbons (Fsp3) is 0. The summed E-state index contributed by atoms with van der Waals surface area (Å²) in [6.07, 6.45) is 0. The van der Waals surface area contributed by atoms with Gasteiger partial charge in [0.15, 0.2) is 5.82 Å². The SMILES string of the molecule is N#Cc1ccc(Nc2nc(C(N)=O)ccc2N)cc1C#N. The minimum Gasteiger partial charge on any atom is -0.396 e. The first-order chi connectivity index (χ1) is 10.0. The largest absolute Gasteiger partial charge is 0.396 e. The highest BCUT2D eigenvalue weighted by molar-refractivity contribution is 5.92. The summed E-state index contributed by atoms with van der Waals surface area (Å²) >= 11 is 0. The fourth-order valence-electron chi connectivity index (χ4n) is 1.66. The highest BCUT2D eigenvalue weighted by atomic mass is 16.1. The molecule has 21 heavy (non-hydrogen) atoms. The van der Waals surface area contributed by atoms with Crippen molar-refractivity contribution in [3.05, 3.63) is 47.2 Å². The number of hydrogen-bond donors (Lipinski definition) is 3. The number of rotatable bonds is 3. The van der Waals surface area contributed by atoms with Gasteiger partial charge < -0.3 is 16.8 Å². The molecule has 7 nitrogen and oxygen atoms in total. The van der Waals surface area contributed by atoms with E-state index in [4.69, 9.17) is 22.0 Å². The van der Waals surface area contributed by atoms with Gasteiger partial charge in [-0.05, 0) is 30.3 Å². The van der Waals surface area contributed by atoms with Crippen LogP contribution >= 0.6 is 0 Å². The fourth-order valence-corrected chi connectivity index (χ4v) is 1.66. The lowest BCUT2D eigenvalue weighted by atomic mass is 10.1. The van der Waals surface area contributed by atoms with Crippen molar-refractivity contribution in [1.82, 2.24) is 4.98 Å². The van der Waals surface area contributed by atoms with Crippen LogP contribution in [-0.2, 0) is 0 Å². The molecule has 0 fully saturated rings. The molecule has 1 aromatic carbocycles. The molecule has 7 heteroatoms. The van der Waals surface area contributed by atoms with Crippen LogP contribution in [0.2, 0.25) is 0 Å². The van der Waals surface area contributed by atoms with Crippen molar-refractivity contribution in [2.24, 2.45) is 5.73 Å². The third kappa shape index (κ3) is 2.88. The van der Waals surface area contributed by atoms with Gasteiger partial charge in [0.05, 0.1) is 16.8 Å². The van der Waals surface area contributed by atoms with Crippen LogP contribution in [0, 0.1) is 22.7 Å². The van der Waals surface area contributed by atoms with Crippen LogP contribution in [0.4, 0.5) is 17.2 Å². The van der Waals surface area contributed by atoms with Gasteiger partial charge >= 0.3 is 0 Å². The maximum absolute atomic E-state index is 11.1. The maximum atomic E-state index is 11.1. The van der Waals surface area contributed by atoms with Crippen molar-refractivity contribution in [2.45, 2.75) is 0 Å². The number of primary amides is 1. The van der Waals surface area contributed by atoms with Crippen LogP contribution < -0.4 is 16.8 Å². The summed E-state index contributed by atoms with van der Waals surface area (Å²) < 4.78 is 0. The molecular weight excluding hydrogens is 268 g/mol. The Bertz CT molecular complexity index is 800. The molecule has 0 spiro atoms. The molecule has 0 unspecified atom stereocenters. The Morgan fingerprint density at radius 2 is 1.86 bits per heavy atom. The summed E-state index contributed by atoms with van der Waals surface area (Å²) in [5.41, 5.74) is 12.3. The predicted octanol–water partition coefficient (Wildman–Crippen LogP) is 1.25. The van der Waals surface area contributed by atoms with E-state index in [2.05, 4.69) is 10.3 Å². The van der Waals surface area contributed by atoms with E-state index in [0.717, 1.165) is 0 Å². The number of nitrogen functional groups attached to an aromatic ring is 1. The molecule has 0 aliphatic rings. The van der Waals surface area contributed by atoms with E-state index >= 15 is 0 Å². The lowest BCUT2D eigenvalue weighted by molar-refractivity contribution is 0.0996. The number of anilines is 3. The molecule has 0 aliphatic carbocycles. The van der Waals surface area contributed by atoms with Gasteiger partial charge in [0.25, 0.3) is 5.91 Å². The van der Waals surface area contributed by atoms with Gasteiger partial charge in [-0.2, -0.15) is 10.5 Å². The molecule has 0 saturated carbocycles. The molecule has 102 valence electrons. The standard InChI is InChI=1S/C14H10N6O/c15-6-8-1-2-10(5-9(8)7-16)19-14-11(17)3-4-12(20-14)13(18)21/h1-5H,17H2,(H2,18,21)(H,19,20). The summed E-state index contributed by atoms with van der Waals surface area (Å²) in [5.74, 6) is -0.421. The Morgan fingerprint density at radius 3 is 2.48 bits per heavy atom. The summed E-state index contributed by atoms with van der Waals surface area (Å²) in [5, 5.41) is 20.7. The lowest BCUT2D eigenvalue weighted by Crippen LogP contribution is -2.14. The zero-order chi connectivity index (χ0) is 15.4. The second-order valence-electron chi connectivity index (χ2n) is 4.11. The molecule has 0 bridgehead atoms. The van der Waals surface area contributed by atoms with Crippen LogP contribution in [0.3, 0.4) is 0 Å². The molecule has 1 aromatic heterocycles. The number of carbonyl (C=O) groups excluding carboxylic acids is 1. The molecule has 0 aliphatic heterocycles. The number of nitrogens with two attached hydrogens (primary N) is 2. The number of aromatic nitrogens is 1. The van der Waals surface area contributed by atoms with Gasteiger partial charge in [-0.15, -0.1) is 0 Å². The van der Waals surface area contributed by atoms with Crippen molar-refractivity contribution >= 4 is 23.1 Å². The van der Waals surface area contributed by atoms with Crippen molar-refractivity contribution in [1.29, 1.82) is 10.5 Å². The van der Waals surface area contributed by atoms with Crippen molar-refractivity contribution in [3.63, 3.8) is 0 Å². The number of pyridine rings is 1. The summed E-state index contributed by atoms with van der Waals surface area (Å²) in [4.78, 5) is 15.1. The van der Waals surface area contributed by atoms with Crippen LogP contribution in [0.1, 0.15) is 21.6 Å². The Labute approximate surface area is 120 Å². The number of amides is 1. The molecule has 2 rings (SSSR count). The number of hydrogen-bond acceptors (Lipinski definition) is 6. The quantitative estimate of drug-likeness (QED) is 0.771. The van der Waals surface area contributed by atoms with E-state index in [0.29, 0.717) is 11.4 Å². The molecule has 0 radical (unpaired) electrons. The average molecular weight is 278 g/mol. The smallest absolute Gasteiger partial charge is 0.267 e. The zero-order valence-corrected chi connectivity index (χ0v) is 10.8. The van der Waals surface area contributed by atoms with Crippen molar-refractivity contribution in [3.8, 4) is 12.1 Å². The number of nitrogens with zero attached hydrogens (tertiary/aromatic N) is 3. The Kier molecular flexibility index (Phi) is 3.69. The maximum Gasteiger partial charge on any atom is 0.267 e. The van der Waals surface area contributed by atoms with Crippen LogP contribution in [0.15, 0.2) is 30.3 Å². The monoisotopic (exact) mass is 278 g/mol. The first kappa shape index (κ1) is 13.8. The van der Waals surface area contributed by atoms with Gasteiger partial charge in [-0.3, -0.25) is 4.79 Å². The first-order valence-corrected chi connectivity index (χ1v) is 5.82. The molecule has 1 heterocycles. The second kappa shape index (κ2) is 5.59. The number of carbonyl (C=O) groups is 1. The number of nitrogens with one attached hydrogen (secondary N) is 1. The summed E-state index contributed by atoms with van der Waals surface area (Å²) in [6.45, 7) is 0. The minimum atomic E-state index is -0.671. The third-order valence-electron chi connectivity index (χ3n) is 2.70. The third-order valence-corrected chi connectivity index (χ3v) is 2.70. The molecule has 0 atom stereocenters. The molecular formula is C14H10N6O. The summed E-state index contributed by atoms with van der Waals surface area (Å²) in [6, 6.07) is 11.4. The molecule has 2 aromatic rings. The summed E-state index contributed by atoms with van der Waals surface area (Å²) in [7, 11) is 0. The van der Waals surface area contributed by atoms with Gasteiger partial charge in [-0.1, -0.05) is 0 Å². The van der Waals surface area contributed by atoms with E-state index in [1.807, 2.05) is 12.1 Å². The second-order valence-corrected chi connectivity index (χ2v) is 4.11. The van der Waals surface area contributed by atoms with Crippen molar-refractivity contribution in [2.75, 3.05) is 11.1 Å². The van der Waals surface area contributed by atoms with E-state index in [-0.39, 0.29) is 22.6 Å². The first-order valence-electron chi connectivity index (χ1n) is 5.82. The highest BCUT2D eigenvalue weighted by Crippen LogP contribution is 2.23. The van der Waals surface area contributed by atoms with E-state index in [1.165, 1.54) is 24.3 Å². The molecule has 1 amide bonds. The Balaban J connectivity index is 2.39. The van der Waals surface area contributed by atoms with Crippen LogP contribution in [0.5, 0.6) is 0 Å². The molecule has 0 saturated heterocycles. The zero-order valence-electron chi connectivity index (χ0n) is 10.8. The minimum absolute atomic E-state index is 0.0702. The topological polar surface area (TPSA) is 142 Å². The van der Waals surface area contributed by atoms with E-state index < -0.39 is 5.91 Å². The number of benzene rings is 1. The Hall–Kier alpha value is -3.58. The van der Waals surface area contributed by atoms with Gasteiger partial charge in [-0.25, -0.2) is 4.98 Å².